The summed E-state index contributed by atoms with van der Waals surface area (Å²) in [6.07, 6.45) is 1.08. The third-order valence-electron chi connectivity index (χ3n) is 2.62. The number of nitrogens with one attached hydrogen (secondary N) is 1. The first-order valence-corrected chi connectivity index (χ1v) is 5.12. The smallest absolute Gasteiger partial charge is 0.125 e. The van der Waals surface area contributed by atoms with E-state index in [9.17, 15) is 4.39 Å². The topological polar surface area (TPSA) is 47.3 Å². The molecule has 1 aromatic carbocycles. The second kappa shape index (κ2) is 4.49. The van der Waals surface area contributed by atoms with E-state index in [1.165, 1.54) is 12.1 Å². The van der Waals surface area contributed by atoms with Gasteiger partial charge in [-0.15, -0.1) is 0 Å². The quantitative estimate of drug-likeness (QED) is 0.748. The van der Waals surface area contributed by atoms with Crippen LogP contribution in [0.1, 0.15) is 6.42 Å². The summed E-state index contributed by atoms with van der Waals surface area (Å²) in [5, 5.41) is 3.21. The van der Waals surface area contributed by atoms with Gasteiger partial charge in [0.2, 0.25) is 0 Å². The minimum Gasteiger partial charge on any atom is -0.397 e. The van der Waals surface area contributed by atoms with E-state index in [2.05, 4.69) is 5.32 Å². The highest BCUT2D eigenvalue weighted by Gasteiger charge is 2.15. The molecule has 1 aliphatic heterocycles. The standard InChI is InChI=1S/C11H15FN2O/c12-9-1-2-11(10(13)5-9)14-6-8-3-4-15-7-8/h1-2,5,8,14H,3-4,6-7,13H2. The van der Waals surface area contributed by atoms with Gasteiger partial charge < -0.3 is 15.8 Å². The average molecular weight is 210 g/mol. The van der Waals surface area contributed by atoms with Crippen molar-refractivity contribution in [1.29, 1.82) is 0 Å². The molecule has 0 aliphatic carbocycles. The molecule has 82 valence electrons. The van der Waals surface area contributed by atoms with Crippen molar-refractivity contribution < 1.29 is 9.13 Å². The summed E-state index contributed by atoms with van der Waals surface area (Å²) < 4.78 is 18.0. The molecule has 1 aliphatic rings. The molecule has 1 unspecified atom stereocenters. The lowest BCUT2D eigenvalue weighted by atomic mass is 10.1. The number of halogens is 1. The molecular weight excluding hydrogens is 195 g/mol. The molecule has 0 aromatic heterocycles. The Labute approximate surface area is 88.4 Å². The van der Waals surface area contributed by atoms with Gasteiger partial charge in [-0.1, -0.05) is 0 Å². The van der Waals surface area contributed by atoms with Crippen LogP contribution in [0.4, 0.5) is 15.8 Å². The van der Waals surface area contributed by atoms with Crippen LogP contribution in [0, 0.1) is 11.7 Å². The van der Waals surface area contributed by atoms with E-state index in [-0.39, 0.29) is 5.82 Å². The summed E-state index contributed by atoms with van der Waals surface area (Å²) in [6, 6.07) is 4.40. The van der Waals surface area contributed by atoms with Gasteiger partial charge in [0.25, 0.3) is 0 Å². The molecule has 0 bridgehead atoms. The van der Waals surface area contributed by atoms with Gasteiger partial charge in [-0.3, -0.25) is 0 Å². The van der Waals surface area contributed by atoms with Crippen LogP contribution in [0.5, 0.6) is 0 Å². The maximum Gasteiger partial charge on any atom is 0.125 e. The molecule has 0 amide bonds. The monoisotopic (exact) mass is 210 g/mol. The van der Waals surface area contributed by atoms with E-state index in [1.807, 2.05) is 0 Å². The first kappa shape index (κ1) is 10.2. The average Bonchev–Trinajstić information content (AvgIpc) is 2.69. The molecule has 1 atom stereocenters. The Morgan fingerprint density at radius 2 is 2.40 bits per heavy atom. The molecule has 3 N–H and O–H groups in total. The van der Waals surface area contributed by atoms with Crippen molar-refractivity contribution in [2.75, 3.05) is 30.8 Å². The number of anilines is 2. The molecule has 15 heavy (non-hydrogen) atoms. The van der Waals surface area contributed by atoms with Crippen LogP contribution >= 0.6 is 0 Å². The number of nitrogens with two attached hydrogens (primary N) is 1. The Balaban J connectivity index is 1.92. The van der Waals surface area contributed by atoms with Gasteiger partial charge >= 0.3 is 0 Å². The van der Waals surface area contributed by atoms with Crippen LogP contribution in [0.2, 0.25) is 0 Å². The number of ether oxygens (including phenoxy) is 1. The normalized spacial score (nSPS) is 20.5. The Hall–Kier alpha value is -1.29. The predicted molar refractivity (Wildman–Crippen MR) is 58.2 cm³/mol. The summed E-state index contributed by atoms with van der Waals surface area (Å²) in [4.78, 5) is 0. The molecule has 3 nitrogen and oxygen atoms in total. The van der Waals surface area contributed by atoms with Gasteiger partial charge in [-0.25, -0.2) is 4.39 Å². The van der Waals surface area contributed by atoms with Crippen molar-refractivity contribution in [3.8, 4) is 0 Å². The van der Waals surface area contributed by atoms with Gasteiger partial charge in [0.05, 0.1) is 18.0 Å². The fourth-order valence-corrected chi connectivity index (χ4v) is 1.69. The minimum absolute atomic E-state index is 0.303. The molecular formula is C11H15FN2O. The highest BCUT2D eigenvalue weighted by atomic mass is 19.1. The zero-order valence-electron chi connectivity index (χ0n) is 8.50. The summed E-state index contributed by atoms with van der Waals surface area (Å²) in [5.41, 5.74) is 6.92. The maximum absolute atomic E-state index is 12.8. The Morgan fingerprint density at radius 1 is 1.53 bits per heavy atom. The van der Waals surface area contributed by atoms with E-state index in [1.54, 1.807) is 6.07 Å². The van der Waals surface area contributed by atoms with Gasteiger partial charge in [-0.2, -0.15) is 0 Å². The van der Waals surface area contributed by atoms with Crippen molar-refractivity contribution in [2.45, 2.75) is 6.42 Å². The lowest BCUT2D eigenvalue weighted by Crippen LogP contribution is -2.14. The number of hydrogen-bond acceptors (Lipinski definition) is 3. The van der Waals surface area contributed by atoms with Gasteiger partial charge in [-0.05, 0) is 24.6 Å². The van der Waals surface area contributed by atoms with Gasteiger partial charge in [0.1, 0.15) is 5.82 Å². The molecule has 0 spiro atoms. The van der Waals surface area contributed by atoms with Crippen LogP contribution in [0.15, 0.2) is 18.2 Å². The number of benzene rings is 1. The van der Waals surface area contributed by atoms with Crippen molar-refractivity contribution in [2.24, 2.45) is 5.92 Å². The summed E-state index contributed by atoms with van der Waals surface area (Å²) >= 11 is 0. The number of nitrogen functional groups attached to an aromatic ring is 1. The molecule has 4 heteroatoms. The SMILES string of the molecule is Nc1cc(F)ccc1NCC1CCOC1. The molecule has 0 radical (unpaired) electrons. The highest BCUT2D eigenvalue weighted by molar-refractivity contribution is 5.65. The van der Waals surface area contributed by atoms with Crippen LogP contribution in [0.3, 0.4) is 0 Å². The van der Waals surface area contributed by atoms with Gasteiger partial charge in [0, 0.05) is 19.1 Å². The van der Waals surface area contributed by atoms with Crippen molar-refractivity contribution >= 4 is 11.4 Å². The summed E-state index contributed by atoms with van der Waals surface area (Å²) in [7, 11) is 0. The third kappa shape index (κ3) is 2.59. The van der Waals surface area contributed by atoms with Crippen LogP contribution in [0.25, 0.3) is 0 Å². The van der Waals surface area contributed by atoms with E-state index >= 15 is 0 Å². The molecule has 0 saturated carbocycles. The second-order valence-electron chi connectivity index (χ2n) is 3.84. The molecule has 1 saturated heterocycles. The van der Waals surface area contributed by atoms with Crippen molar-refractivity contribution in [3.05, 3.63) is 24.0 Å². The third-order valence-corrected chi connectivity index (χ3v) is 2.62. The van der Waals surface area contributed by atoms with E-state index in [0.29, 0.717) is 11.6 Å². The predicted octanol–water partition coefficient (Wildman–Crippen LogP) is 1.86. The highest BCUT2D eigenvalue weighted by Crippen LogP contribution is 2.20. The largest absolute Gasteiger partial charge is 0.397 e. The fourth-order valence-electron chi connectivity index (χ4n) is 1.69. The van der Waals surface area contributed by atoms with Crippen molar-refractivity contribution in [3.63, 3.8) is 0 Å². The summed E-state index contributed by atoms with van der Waals surface area (Å²) in [5.74, 6) is 0.233. The molecule has 2 rings (SSSR count). The zero-order chi connectivity index (χ0) is 10.7. The van der Waals surface area contributed by atoms with Crippen LogP contribution in [-0.2, 0) is 4.74 Å². The van der Waals surface area contributed by atoms with E-state index in [0.717, 1.165) is 31.9 Å². The van der Waals surface area contributed by atoms with Crippen LogP contribution in [-0.4, -0.2) is 19.8 Å². The zero-order valence-corrected chi connectivity index (χ0v) is 8.50. The van der Waals surface area contributed by atoms with Crippen LogP contribution < -0.4 is 11.1 Å². The lowest BCUT2D eigenvalue weighted by molar-refractivity contribution is 0.187. The fraction of sp³-hybridized carbons (Fsp3) is 0.455. The molecule has 1 aromatic rings. The first-order valence-electron chi connectivity index (χ1n) is 5.12. The molecule has 1 fully saturated rings. The second-order valence-corrected chi connectivity index (χ2v) is 3.84. The van der Waals surface area contributed by atoms with E-state index in [4.69, 9.17) is 10.5 Å². The minimum atomic E-state index is -0.303. The molecule has 1 heterocycles. The Morgan fingerprint density at radius 3 is 3.07 bits per heavy atom. The lowest BCUT2D eigenvalue weighted by Gasteiger charge is -2.12. The maximum atomic E-state index is 12.8. The summed E-state index contributed by atoms with van der Waals surface area (Å²) in [6.45, 7) is 2.47. The Bertz CT molecular complexity index is 337. The first-order chi connectivity index (χ1) is 7.25. The van der Waals surface area contributed by atoms with Crippen molar-refractivity contribution in [1.82, 2.24) is 0 Å². The van der Waals surface area contributed by atoms with Gasteiger partial charge in [0.15, 0.2) is 0 Å². The number of rotatable bonds is 3. The number of hydrogen-bond donors (Lipinski definition) is 2. The Kier molecular flexibility index (Phi) is 3.06. The van der Waals surface area contributed by atoms with E-state index < -0.39 is 0 Å².